The lowest BCUT2D eigenvalue weighted by molar-refractivity contribution is -0.122. The van der Waals surface area contributed by atoms with E-state index in [-0.39, 0.29) is 11.9 Å². The normalized spacial score (nSPS) is 11.7. The van der Waals surface area contributed by atoms with Crippen molar-refractivity contribution in [2.75, 3.05) is 12.3 Å². The van der Waals surface area contributed by atoms with Crippen LogP contribution in [-0.2, 0) is 4.79 Å². The van der Waals surface area contributed by atoms with Crippen molar-refractivity contribution in [1.29, 1.82) is 0 Å². The Hall–Kier alpha value is -2.56. The highest BCUT2D eigenvalue weighted by atomic mass is 16.5. The van der Waals surface area contributed by atoms with E-state index < -0.39 is 0 Å². The molecular weight excluding hydrogens is 266 g/mol. The Balaban J connectivity index is 1.73. The monoisotopic (exact) mass is 285 g/mol. The zero-order chi connectivity index (χ0) is 15.1. The number of ether oxygens (including phenoxy) is 1. The van der Waals surface area contributed by atoms with Gasteiger partial charge in [0.25, 0.3) is 0 Å². The first-order valence-electron chi connectivity index (χ1n) is 6.83. The molecule has 0 radical (unpaired) electrons. The average molecular weight is 285 g/mol. The molecule has 0 aliphatic carbocycles. The maximum absolute atomic E-state index is 11.8. The number of aromatic nitrogens is 1. The van der Waals surface area contributed by atoms with Crippen LogP contribution in [0.1, 0.15) is 24.9 Å². The van der Waals surface area contributed by atoms with Gasteiger partial charge >= 0.3 is 0 Å². The first-order chi connectivity index (χ1) is 10.1. The molecule has 5 nitrogen and oxygen atoms in total. The summed E-state index contributed by atoms with van der Waals surface area (Å²) < 4.78 is 5.49. The van der Waals surface area contributed by atoms with Gasteiger partial charge in [0.15, 0.2) is 0 Å². The van der Waals surface area contributed by atoms with E-state index in [2.05, 4.69) is 10.3 Å². The van der Waals surface area contributed by atoms with Crippen molar-refractivity contribution in [3.8, 4) is 5.75 Å². The van der Waals surface area contributed by atoms with E-state index >= 15 is 0 Å². The number of hydrogen-bond donors (Lipinski definition) is 2. The minimum absolute atomic E-state index is 0.0444. The lowest BCUT2D eigenvalue weighted by Crippen LogP contribution is -2.27. The van der Waals surface area contributed by atoms with Crippen LogP contribution in [0.5, 0.6) is 5.75 Å². The predicted octanol–water partition coefficient (Wildman–Crippen LogP) is 2.31. The number of nitrogens with one attached hydrogen (secondary N) is 1. The number of anilines is 1. The van der Waals surface area contributed by atoms with Gasteiger partial charge in [-0.25, -0.2) is 0 Å². The number of benzene rings is 1. The highest BCUT2D eigenvalue weighted by molar-refractivity contribution is 5.76. The number of nitrogens with two attached hydrogens (primary N) is 1. The molecule has 1 amide bonds. The second-order valence-electron chi connectivity index (χ2n) is 4.74. The van der Waals surface area contributed by atoms with Gasteiger partial charge in [-0.15, -0.1) is 0 Å². The Kier molecular flexibility index (Phi) is 5.15. The third-order valence-electron chi connectivity index (χ3n) is 3.06. The van der Waals surface area contributed by atoms with Crippen molar-refractivity contribution < 1.29 is 9.53 Å². The summed E-state index contributed by atoms with van der Waals surface area (Å²) in [7, 11) is 0. The van der Waals surface area contributed by atoms with Gasteiger partial charge in [-0.1, -0.05) is 0 Å². The first kappa shape index (κ1) is 14.8. The van der Waals surface area contributed by atoms with Crippen LogP contribution in [0.4, 0.5) is 5.69 Å². The number of hydrogen-bond acceptors (Lipinski definition) is 4. The van der Waals surface area contributed by atoms with Gasteiger partial charge in [-0.2, -0.15) is 0 Å². The fourth-order valence-corrected chi connectivity index (χ4v) is 1.87. The summed E-state index contributed by atoms with van der Waals surface area (Å²) in [6.07, 6.45) is 3.73. The topological polar surface area (TPSA) is 77.2 Å². The second kappa shape index (κ2) is 7.28. The molecule has 0 aliphatic rings. The lowest BCUT2D eigenvalue weighted by atomic mass is 10.1. The smallest absolute Gasteiger partial charge is 0.223 e. The number of rotatable bonds is 6. The molecule has 0 spiro atoms. The summed E-state index contributed by atoms with van der Waals surface area (Å²) in [6, 6.07) is 10.8. The quantitative estimate of drug-likeness (QED) is 0.798. The van der Waals surface area contributed by atoms with E-state index in [1.54, 1.807) is 36.7 Å². The van der Waals surface area contributed by atoms with Crippen molar-refractivity contribution in [3.63, 3.8) is 0 Å². The molecule has 1 aromatic heterocycles. The molecule has 1 heterocycles. The summed E-state index contributed by atoms with van der Waals surface area (Å²) >= 11 is 0. The number of carbonyl (C=O) groups is 1. The van der Waals surface area contributed by atoms with Gasteiger partial charge in [0.05, 0.1) is 19.1 Å². The minimum Gasteiger partial charge on any atom is -0.493 e. The maximum atomic E-state index is 11.8. The van der Waals surface area contributed by atoms with Crippen LogP contribution in [0.2, 0.25) is 0 Å². The highest BCUT2D eigenvalue weighted by Gasteiger charge is 2.09. The van der Waals surface area contributed by atoms with Crippen molar-refractivity contribution in [3.05, 3.63) is 54.4 Å². The molecule has 0 aliphatic heterocycles. The molecule has 3 N–H and O–H groups in total. The molecule has 1 aromatic carbocycles. The number of nitrogen functional groups attached to an aromatic ring is 1. The molecule has 0 fully saturated rings. The molecule has 110 valence electrons. The van der Waals surface area contributed by atoms with Gasteiger partial charge in [0.2, 0.25) is 5.91 Å². The number of amides is 1. The predicted molar refractivity (Wildman–Crippen MR) is 81.8 cm³/mol. The fraction of sp³-hybridized carbons (Fsp3) is 0.250. The van der Waals surface area contributed by atoms with Crippen LogP contribution in [0.3, 0.4) is 0 Å². The molecule has 1 unspecified atom stereocenters. The standard InChI is InChI=1S/C16H19N3O2/c1-12(13-6-9-18-10-7-13)19-16(20)8-11-21-15-4-2-14(17)3-5-15/h2-7,9-10,12H,8,11,17H2,1H3,(H,19,20). The van der Waals surface area contributed by atoms with Crippen LogP contribution in [-0.4, -0.2) is 17.5 Å². The van der Waals surface area contributed by atoms with Crippen LogP contribution in [0, 0.1) is 0 Å². The Morgan fingerprint density at radius 2 is 1.90 bits per heavy atom. The van der Waals surface area contributed by atoms with Crippen molar-refractivity contribution in [1.82, 2.24) is 10.3 Å². The first-order valence-corrected chi connectivity index (χ1v) is 6.83. The van der Waals surface area contributed by atoms with E-state index in [1.807, 2.05) is 19.1 Å². The highest BCUT2D eigenvalue weighted by Crippen LogP contribution is 2.13. The number of pyridine rings is 1. The summed E-state index contributed by atoms with van der Waals surface area (Å²) in [4.78, 5) is 15.8. The molecule has 0 saturated heterocycles. The Labute approximate surface area is 124 Å². The molecule has 0 saturated carbocycles. The summed E-state index contributed by atoms with van der Waals surface area (Å²) in [5, 5.41) is 2.92. The van der Waals surface area contributed by atoms with Gasteiger partial charge in [-0.05, 0) is 48.9 Å². The van der Waals surface area contributed by atoms with E-state index in [0.29, 0.717) is 24.5 Å². The van der Waals surface area contributed by atoms with Crippen LogP contribution in [0.25, 0.3) is 0 Å². The van der Waals surface area contributed by atoms with Gasteiger partial charge in [0, 0.05) is 18.1 Å². The van der Waals surface area contributed by atoms with Crippen LogP contribution < -0.4 is 15.8 Å². The number of nitrogens with zero attached hydrogens (tertiary/aromatic N) is 1. The van der Waals surface area contributed by atoms with Crippen molar-refractivity contribution in [2.24, 2.45) is 0 Å². The van der Waals surface area contributed by atoms with E-state index in [9.17, 15) is 4.79 Å². The van der Waals surface area contributed by atoms with E-state index in [1.165, 1.54) is 0 Å². The SMILES string of the molecule is CC(NC(=O)CCOc1ccc(N)cc1)c1ccncc1. The third kappa shape index (κ3) is 4.80. The molecular formula is C16H19N3O2. The Morgan fingerprint density at radius 3 is 2.57 bits per heavy atom. The van der Waals surface area contributed by atoms with Crippen LogP contribution >= 0.6 is 0 Å². The zero-order valence-corrected chi connectivity index (χ0v) is 12.0. The molecule has 2 aromatic rings. The summed E-state index contributed by atoms with van der Waals surface area (Å²) in [6.45, 7) is 2.27. The van der Waals surface area contributed by atoms with Crippen molar-refractivity contribution >= 4 is 11.6 Å². The van der Waals surface area contributed by atoms with Crippen LogP contribution in [0.15, 0.2) is 48.8 Å². The zero-order valence-electron chi connectivity index (χ0n) is 12.0. The minimum atomic E-state index is -0.0465. The maximum Gasteiger partial charge on any atom is 0.223 e. The van der Waals surface area contributed by atoms with Crippen molar-refractivity contribution in [2.45, 2.75) is 19.4 Å². The molecule has 0 bridgehead atoms. The third-order valence-corrected chi connectivity index (χ3v) is 3.06. The number of carbonyl (C=O) groups excluding carboxylic acids is 1. The van der Waals surface area contributed by atoms with Gasteiger partial charge in [0.1, 0.15) is 5.75 Å². The Morgan fingerprint density at radius 1 is 1.24 bits per heavy atom. The molecule has 2 rings (SSSR count). The molecule has 21 heavy (non-hydrogen) atoms. The van der Waals surface area contributed by atoms with E-state index in [0.717, 1.165) is 5.56 Å². The van der Waals surface area contributed by atoms with Gasteiger partial charge < -0.3 is 15.8 Å². The summed E-state index contributed by atoms with van der Waals surface area (Å²) in [5.74, 6) is 0.661. The molecule has 5 heteroatoms. The van der Waals surface area contributed by atoms with E-state index in [4.69, 9.17) is 10.5 Å². The average Bonchev–Trinajstić information content (AvgIpc) is 2.50. The second-order valence-corrected chi connectivity index (χ2v) is 4.74. The largest absolute Gasteiger partial charge is 0.493 e. The van der Waals surface area contributed by atoms with Gasteiger partial charge in [-0.3, -0.25) is 9.78 Å². The fourth-order valence-electron chi connectivity index (χ4n) is 1.87. The lowest BCUT2D eigenvalue weighted by Gasteiger charge is -2.14. The summed E-state index contributed by atoms with van der Waals surface area (Å²) in [5.41, 5.74) is 7.30. The Bertz CT molecular complexity index is 570. The molecule has 1 atom stereocenters.